The van der Waals surface area contributed by atoms with Crippen molar-refractivity contribution in [3.8, 4) is 22.9 Å². The van der Waals surface area contributed by atoms with Crippen molar-refractivity contribution in [3.63, 3.8) is 0 Å². The van der Waals surface area contributed by atoms with Gasteiger partial charge in [-0.15, -0.1) is 0 Å². The van der Waals surface area contributed by atoms with Crippen molar-refractivity contribution in [3.05, 3.63) is 42.4 Å². The minimum Gasteiger partial charge on any atom is -0.492 e. The average Bonchev–Trinajstić information content (AvgIpc) is 3.36. The van der Waals surface area contributed by atoms with Crippen molar-refractivity contribution in [2.45, 2.75) is 46.1 Å². The van der Waals surface area contributed by atoms with Crippen molar-refractivity contribution in [2.24, 2.45) is 5.41 Å². The molecular weight excluding hydrogens is 506 g/mol. The first-order valence-electron chi connectivity index (χ1n) is 14.3. The summed E-state index contributed by atoms with van der Waals surface area (Å²) in [6, 6.07) is 8.27. The molecular formula is C30H39N7O3. The molecule has 5 heterocycles. The third-order valence-electron chi connectivity index (χ3n) is 7.88. The molecule has 212 valence electrons. The smallest absolute Gasteiger partial charge is 0.306 e. The van der Waals surface area contributed by atoms with Gasteiger partial charge in [-0.3, -0.25) is 4.79 Å². The van der Waals surface area contributed by atoms with E-state index in [0.29, 0.717) is 24.3 Å². The zero-order valence-corrected chi connectivity index (χ0v) is 23.7. The van der Waals surface area contributed by atoms with Gasteiger partial charge < -0.3 is 24.6 Å². The first-order chi connectivity index (χ1) is 19.4. The van der Waals surface area contributed by atoms with E-state index in [2.05, 4.69) is 26.3 Å². The van der Waals surface area contributed by atoms with E-state index in [-0.39, 0.29) is 17.5 Å². The van der Waals surface area contributed by atoms with Crippen molar-refractivity contribution < 1.29 is 14.3 Å². The number of nitriles is 1. The van der Waals surface area contributed by atoms with Crippen LogP contribution in [0.15, 0.2) is 36.8 Å². The maximum Gasteiger partial charge on any atom is 0.306 e. The number of ether oxygens (including phenoxy) is 2. The van der Waals surface area contributed by atoms with Gasteiger partial charge in [-0.25, -0.2) is 9.50 Å². The van der Waals surface area contributed by atoms with Gasteiger partial charge in [0.2, 0.25) is 0 Å². The highest BCUT2D eigenvalue weighted by atomic mass is 16.5. The highest BCUT2D eigenvalue weighted by Crippen LogP contribution is 2.38. The van der Waals surface area contributed by atoms with Gasteiger partial charge >= 0.3 is 5.97 Å². The summed E-state index contributed by atoms with van der Waals surface area (Å²) in [6.45, 7) is 12.9. The van der Waals surface area contributed by atoms with E-state index in [4.69, 9.17) is 14.5 Å². The number of fused-ring (bicyclic) bond motifs is 1. The highest BCUT2D eigenvalue weighted by molar-refractivity contribution is 5.85. The number of aromatic nitrogens is 3. The number of carbonyl (C=O) groups is 1. The Hall–Kier alpha value is -3.68. The molecule has 0 spiro atoms. The highest BCUT2D eigenvalue weighted by Gasteiger charge is 2.39. The molecule has 0 atom stereocenters. The molecule has 2 fully saturated rings. The maximum atomic E-state index is 12.8. The number of anilines is 1. The number of carbonyl (C=O) groups excluding carboxylic acids is 1. The lowest BCUT2D eigenvalue weighted by molar-refractivity contribution is -0.151. The van der Waals surface area contributed by atoms with Gasteiger partial charge in [0.1, 0.15) is 17.6 Å². The topological polar surface area (TPSA) is 108 Å². The van der Waals surface area contributed by atoms with Crippen LogP contribution < -0.4 is 15.0 Å². The third-order valence-corrected chi connectivity index (χ3v) is 7.88. The largest absolute Gasteiger partial charge is 0.492 e. The second-order valence-electron chi connectivity index (χ2n) is 11.1. The van der Waals surface area contributed by atoms with Gasteiger partial charge in [-0.1, -0.05) is 0 Å². The Labute approximate surface area is 235 Å². The molecule has 2 saturated heterocycles. The van der Waals surface area contributed by atoms with E-state index < -0.39 is 0 Å². The SMILES string of the molecule is CCOc1cc(-c2ccc(N3CCC(CC(=O)OC(C)C)(CN4CCNCC4)CC3)nc2)c2c(C#N)cnn2c1. The molecule has 0 amide bonds. The zero-order chi connectivity index (χ0) is 28.1. The van der Waals surface area contributed by atoms with E-state index >= 15 is 0 Å². The standard InChI is InChI=1S/C30H39N7O3/c1-4-39-25-15-26(29-24(17-31)19-34-37(29)20-25)23-5-6-27(33-18-23)36-11-7-30(8-12-36,16-28(38)40-22(2)3)21-35-13-9-32-10-14-35/h5-6,15,18-20,22,32H,4,7-14,16,21H2,1-3H3. The number of piperidine rings is 1. The Bertz CT molecular complexity index is 1350. The van der Waals surface area contributed by atoms with Crippen LogP contribution in [0.3, 0.4) is 0 Å². The molecule has 0 bridgehead atoms. The Balaban J connectivity index is 1.33. The van der Waals surface area contributed by atoms with Crippen LogP contribution in [-0.4, -0.2) is 84.0 Å². The fourth-order valence-corrected chi connectivity index (χ4v) is 5.93. The normalized spacial score (nSPS) is 17.6. The number of hydrogen-bond donors (Lipinski definition) is 1. The summed E-state index contributed by atoms with van der Waals surface area (Å²) in [5.74, 6) is 1.50. The minimum atomic E-state index is -0.103. The average molecular weight is 546 g/mol. The molecule has 0 aromatic carbocycles. The predicted octanol–water partition coefficient (Wildman–Crippen LogP) is 3.50. The predicted molar refractivity (Wildman–Crippen MR) is 153 cm³/mol. The molecule has 0 saturated carbocycles. The molecule has 10 heteroatoms. The zero-order valence-electron chi connectivity index (χ0n) is 23.7. The van der Waals surface area contributed by atoms with Crippen molar-refractivity contribution in [1.82, 2.24) is 24.8 Å². The molecule has 2 aliphatic rings. The molecule has 2 aliphatic heterocycles. The molecule has 0 unspecified atom stereocenters. The van der Waals surface area contributed by atoms with Crippen LogP contribution in [0.4, 0.5) is 5.82 Å². The van der Waals surface area contributed by atoms with Gasteiger partial charge in [0.25, 0.3) is 0 Å². The summed E-state index contributed by atoms with van der Waals surface area (Å²) >= 11 is 0. The number of hydrogen-bond acceptors (Lipinski definition) is 9. The number of pyridine rings is 2. The Kier molecular flexibility index (Phi) is 8.52. The van der Waals surface area contributed by atoms with E-state index in [1.54, 1.807) is 16.9 Å². The van der Waals surface area contributed by atoms with Crippen LogP contribution in [0.25, 0.3) is 16.6 Å². The number of rotatable bonds is 9. The second kappa shape index (κ2) is 12.2. The summed E-state index contributed by atoms with van der Waals surface area (Å²) in [5, 5.41) is 17.4. The molecule has 3 aromatic rings. The summed E-state index contributed by atoms with van der Waals surface area (Å²) in [5.41, 5.74) is 2.91. The fourth-order valence-electron chi connectivity index (χ4n) is 5.93. The van der Waals surface area contributed by atoms with Gasteiger partial charge in [-0.05, 0) is 57.2 Å². The quantitative estimate of drug-likeness (QED) is 0.404. The van der Waals surface area contributed by atoms with Gasteiger partial charge in [0.05, 0.1) is 42.6 Å². The summed E-state index contributed by atoms with van der Waals surface area (Å²) in [4.78, 5) is 22.4. The Morgan fingerprint density at radius 1 is 1.18 bits per heavy atom. The molecule has 0 radical (unpaired) electrons. The number of piperazine rings is 1. The first kappa shape index (κ1) is 27.9. The fraction of sp³-hybridized carbons (Fsp3) is 0.533. The Morgan fingerprint density at radius 3 is 2.60 bits per heavy atom. The first-order valence-corrected chi connectivity index (χ1v) is 14.3. The number of nitrogens with one attached hydrogen (secondary N) is 1. The molecule has 10 nitrogen and oxygen atoms in total. The summed E-state index contributed by atoms with van der Waals surface area (Å²) in [7, 11) is 0. The van der Waals surface area contributed by atoms with Gasteiger partial charge in [0.15, 0.2) is 0 Å². The van der Waals surface area contributed by atoms with Crippen molar-refractivity contribution in [2.75, 3.05) is 57.3 Å². The van der Waals surface area contributed by atoms with E-state index in [0.717, 1.165) is 81.1 Å². The molecule has 1 N–H and O–H groups in total. The third kappa shape index (κ3) is 6.21. The maximum absolute atomic E-state index is 12.8. The van der Waals surface area contributed by atoms with E-state index in [1.165, 1.54) is 0 Å². The van der Waals surface area contributed by atoms with Crippen molar-refractivity contribution >= 4 is 17.3 Å². The lowest BCUT2D eigenvalue weighted by atomic mass is 9.75. The van der Waals surface area contributed by atoms with Crippen LogP contribution in [0.2, 0.25) is 0 Å². The second-order valence-corrected chi connectivity index (χ2v) is 11.1. The van der Waals surface area contributed by atoms with Crippen LogP contribution in [0, 0.1) is 16.7 Å². The van der Waals surface area contributed by atoms with Gasteiger partial charge in [-0.2, -0.15) is 10.4 Å². The van der Waals surface area contributed by atoms with Crippen LogP contribution in [0.1, 0.15) is 45.6 Å². The molecule has 0 aliphatic carbocycles. The van der Waals surface area contributed by atoms with Gasteiger partial charge in [0, 0.05) is 63.1 Å². The summed E-state index contributed by atoms with van der Waals surface area (Å²) in [6.07, 6.45) is 7.40. The van der Waals surface area contributed by atoms with Crippen LogP contribution in [0.5, 0.6) is 5.75 Å². The Morgan fingerprint density at radius 2 is 1.95 bits per heavy atom. The monoisotopic (exact) mass is 545 g/mol. The minimum absolute atomic E-state index is 0.0964. The molecule has 5 rings (SSSR count). The lowest BCUT2D eigenvalue weighted by Crippen LogP contribution is -2.52. The molecule has 3 aromatic heterocycles. The lowest BCUT2D eigenvalue weighted by Gasteiger charge is -2.45. The van der Waals surface area contributed by atoms with Crippen molar-refractivity contribution in [1.29, 1.82) is 5.26 Å². The summed E-state index contributed by atoms with van der Waals surface area (Å²) < 4.78 is 13.0. The van der Waals surface area contributed by atoms with Crippen LogP contribution in [-0.2, 0) is 9.53 Å². The van der Waals surface area contributed by atoms with E-state index in [9.17, 15) is 10.1 Å². The molecule has 40 heavy (non-hydrogen) atoms. The van der Waals surface area contributed by atoms with Crippen LogP contribution >= 0.6 is 0 Å². The number of nitrogens with zero attached hydrogens (tertiary/aromatic N) is 6. The van der Waals surface area contributed by atoms with E-state index in [1.807, 2.05) is 45.2 Å². The number of esters is 1.